The second-order valence-electron chi connectivity index (χ2n) is 6.39. The fourth-order valence-corrected chi connectivity index (χ4v) is 3.60. The molecule has 1 amide bonds. The highest BCUT2D eigenvalue weighted by atomic mass is 32.2. The van der Waals surface area contributed by atoms with Crippen LogP contribution >= 0.6 is 0 Å². The lowest BCUT2D eigenvalue weighted by Gasteiger charge is -2.10. The molecular weight excluding hydrogens is 398 g/mol. The van der Waals surface area contributed by atoms with Crippen LogP contribution in [0.3, 0.4) is 0 Å². The van der Waals surface area contributed by atoms with Gasteiger partial charge in [0.25, 0.3) is 5.91 Å². The number of halogens is 2. The number of rotatable bonds is 6. The number of anilines is 1. The molecule has 0 heterocycles. The first-order valence-electron chi connectivity index (χ1n) is 8.67. The van der Waals surface area contributed by atoms with Crippen LogP contribution in [0, 0.1) is 18.6 Å². The zero-order valence-electron chi connectivity index (χ0n) is 15.4. The molecule has 0 saturated carbocycles. The van der Waals surface area contributed by atoms with Gasteiger partial charge in [-0.1, -0.05) is 42.0 Å². The van der Waals surface area contributed by atoms with Gasteiger partial charge in [-0.3, -0.25) is 4.79 Å². The van der Waals surface area contributed by atoms with Crippen molar-refractivity contribution in [2.24, 2.45) is 0 Å². The van der Waals surface area contributed by atoms with Gasteiger partial charge in [0.2, 0.25) is 10.0 Å². The third-order valence-electron chi connectivity index (χ3n) is 4.20. The SMILES string of the molecule is Cc1ccc(CNS(=O)(=O)c2ccc(NC(=O)c3ccccc3F)c(F)c2)cc1. The van der Waals surface area contributed by atoms with Crippen molar-refractivity contribution in [3.8, 4) is 0 Å². The molecule has 150 valence electrons. The number of amides is 1. The van der Waals surface area contributed by atoms with Crippen LogP contribution in [0.25, 0.3) is 0 Å². The summed E-state index contributed by atoms with van der Waals surface area (Å²) in [4.78, 5) is 11.8. The molecule has 3 aromatic carbocycles. The highest BCUT2D eigenvalue weighted by Gasteiger charge is 2.18. The van der Waals surface area contributed by atoms with Gasteiger partial charge >= 0.3 is 0 Å². The Balaban J connectivity index is 1.73. The lowest BCUT2D eigenvalue weighted by molar-refractivity contribution is 0.102. The van der Waals surface area contributed by atoms with E-state index in [1.54, 1.807) is 12.1 Å². The second-order valence-corrected chi connectivity index (χ2v) is 8.15. The summed E-state index contributed by atoms with van der Waals surface area (Å²) in [5.74, 6) is -2.53. The number of aryl methyl sites for hydroxylation is 1. The maximum Gasteiger partial charge on any atom is 0.258 e. The van der Waals surface area contributed by atoms with Crippen molar-refractivity contribution in [2.45, 2.75) is 18.4 Å². The molecule has 2 N–H and O–H groups in total. The van der Waals surface area contributed by atoms with Crippen LogP contribution in [0.15, 0.2) is 71.6 Å². The number of benzene rings is 3. The van der Waals surface area contributed by atoms with Gasteiger partial charge in [0.15, 0.2) is 0 Å². The summed E-state index contributed by atoms with van der Waals surface area (Å²) in [5.41, 5.74) is 1.30. The van der Waals surface area contributed by atoms with Gasteiger partial charge in [0, 0.05) is 6.54 Å². The Morgan fingerprint density at radius 2 is 1.62 bits per heavy atom. The number of carbonyl (C=O) groups excluding carboxylic acids is 1. The molecule has 0 aliphatic heterocycles. The van der Waals surface area contributed by atoms with E-state index in [-0.39, 0.29) is 22.7 Å². The average molecular weight is 416 g/mol. The van der Waals surface area contributed by atoms with Crippen LogP contribution in [-0.2, 0) is 16.6 Å². The zero-order chi connectivity index (χ0) is 21.0. The third kappa shape index (κ3) is 5.04. The normalized spacial score (nSPS) is 11.3. The molecule has 0 radical (unpaired) electrons. The average Bonchev–Trinajstić information content (AvgIpc) is 2.69. The van der Waals surface area contributed by atoms with Crippen molar-refractivity contribution < 1.29 is 22.0 Å². The molecule has 0 fully saturated rings. The van der Waals surface area contributed by atoms with Crippen molar-refractivity contribution in [2.75, 3.05) is 5.32 Å². The standard InChI is InChI=1S/C21H18F2N2O3S/c1-14-6-8-15(9-7-14)13-24-29(27,28)16-10-11-20(19(23)12-16)25-21(26)17-4-2-3-5-18(17)22/h2-12,24H,13H2,1H3,(H,25,26). The zero-order valence-corrected chi connectivity index (χ0v) is 16.3. The summed E-state index contributed by atoms with van der Waals surface area (Å²) >= 11 is 0. The van der Waals surface area contributed by atoms with Gasteiger partial charge < -0.3 is 5.32 Å². The molecule has 3 aromatic rings. The number of nitrogens with one attached hydrogen (secondary N) is 2. The fraction of sp³-hybridized carbons (Fsp3) is 0.0952. The van der Waals surface area contributed by atoms with Crippen LogP contribution in [0.2, 0.25) is 0 Å². The molecule has 29 heavy (non-hydrogen) atoms. The summed E-state index contributed by atoms with van der Waals surface area (Å²) in [6.07, 6.45) is 0. The largest absolute Gasteiger partial charge is 0.319 e. The number of sulfonamides is 1. The van der Waals surface area contributed by atoms with Crippen LogP contribution in [0.5, 0.6) is 0 Å². The summed E-state index contributed by atoms with van der Waals surface area (Å²) in [6, 6.07) is 15.7. The maximum absolute atomic E-state index is 14.4. The monoisotopic (exact) mass is 416 g/mol. The minimum Gasteiger partial charge on any atom is -0.319 e. The highest BCUT2D eigenvalue weighted by Crippen LogP contribution is 2.20. The van der Waals surface area contributed by atoms with E-state index in [1.165, 1.54) is 18.2 Å². The van der Waals surface area contributed by atoms with Gasteiger partial charge in [-0.2, -0.15) is 0 Å². The fourth-order valence-electron chi connectivity index (χ4n) is 2.57. The summed E-state index contributed by atoms with van der Waals surface area (Å²) in [5, 5.41) is 2.24. The van der Waals surface area contributed by atoms with Crippen molar-refractivity contribution in [3.63, 3.8) is 0 Å². The summed E-state index contributed by atoms with van der Waals surface area (Å²) < 4.78 is 55.3. The Kier molecular flexibility index (Phi) is 6.05. The topological polar surface area (TPSA) is 75.3 Å². The van der Waals surface area contributed by atoms with E-state index in [9.17, 15) is 22.0 Å². The van der Waals surface area contributed by atoms with Gasteiger partial charge in [0.05, 0.1) is 16.1 Å². The minimum absolute atomic E-state index is 0.0516. The molecule has 0 spiro atoms. The Bertz CT molecular complexity index is 1150. The Hall–Kier alpha value is -3.10. The van der Waals surface area contributed by atoms with Crippen LogP contribution in [0.4, 0.5) is 14.5 Å². The molecular formula is C21H18F2N2O3S. The molecule has 0 saturated heterocycles. The smallest absolute Gasteiger partial charge is 0.258 e. The third-order valence-corrected chi connectivity index (χ3v) is 5.60. The van der Waals surface area contributed by atoms with Crippen LogP contribution in [-0.4, -0.2) is 14.3 Å². The predicted molar refractivity (Wildman–Crippen MR) is 106 cm³/mol. The number of hydrogen-bond acceptors (Lipinski definition) is 3. The lowest BCUT2D eigenvalue weighted by atomic mass is 10.2. The van der Waals surface area contributed by atoms with Crippen molar-refractivity contribution in [1.29, 1.82) is 0 Å². The molecule has 8 heteroatoms. The van der Waals surface area contributed by atoms with E-state index >= 15 is 0 Å². The van der Waals surface area contributed by atoms with E-state index in [4.69, 9.17) is 0 Å². The van der Waals surface area contributed by atoms with E-state index in [2.05, 4.69) is 10.0 Å². The van der Waals surface area contributed by atoms with Crippen LogP contribution < -0.4 is 10.0 Å². The first kappa shape index (κ1) is 20.6. The van der Waals surface area contributed by atoms with E-state index in [0.29, 0.717) is 0 Å². The minimum atomic E-state index is -3.96. The molecule has 0 aliphatic rings. The highest BCUT2D eigenvalue weighted by molar-refractivity contribution is 7.89. The Labute approximate surface area is 167 Å². The quantitative estimate of drug-likeness (QED) is 0.638. The van der Waals surface area contributed by atoms with E-state index < -0.39 is 27.6 Å². The molecule has 5 nitrogen and oxygen atoms in total. The lowest BCUT2D eigenvalue weighted by Crippen LogP contribution is -2.23. The Morgan fingerprint density at radius 1 is 0.931 bits per heavy atom. The van der Waals surface area contributed by atoms with Gasteiger partial charge in [0.1, 0.15) is 11.6 Å². The van der Waals surface area contributed by atoms with Crippen LogP contribution in [0.1, 0.15) is 21.5 Å². The predicted octanol–water partition coefficient (Wildman–Crippen LogP) is 4.00. The molecule has 0 aliphatic carbocycles. The Morgan fingerprint density at radius 3 is 2.28 bits per heavy atom. The molecule has 0 unspecified atom stereocenters. The van der Waals surface area contributed by atoms with Gasteiger partial charge in [-0.15, -0.1) is 0 Å². The van der Waals surface area contributed by atoms with Crippen molar-refractivity contribution in [1.82, 2.24) is 4.72 Å². The number of hydrogen-bond donors (Lipinski definition) is 2. The van der Waals surface area contributed by atoms with Gasteiger partial charge in [-0.05, 0) is 42.8 Å². The second kappa shape index (κ2) is 8.50. The maximum atomic E-state index is 14.4. The molecule has 3 rings (SSSR count). The van der Waals surface area contributed by atoms with Crippen molar-refractivity contribution >= 4 is 21.6 Å². The van der Waals surface area contributed by atoms with Crippen molar-refractivity contribution in [3.05, 3.63) is 95.1 Å². The van der Waals surface area contributed by atoms with Gasteiger partial charge in [-0.25, -0.2) is 21.9 Å². The van der Waals surface area contributed by atoms with E-state index in [0.717, 1.165) is 35.4 Å². The molecule has 0 bridgehead atoms. The summed E-state index contributed by atoms with van der Waals surface area (Å²) in [6.45, 7) is 1.97. The summed E-state index contributed by atoms with van der Waals surface area (Å²) in [7, 11) is -3.96. The van der Waals surface area contributed by atoms with E-state index in [1.807, 2.05) is 19.1 Å². The number of carbonyl (C=O) groups is 1. The molecule has 0 atom stereocenters. The first-order chi connectivity index (χ1) is 13.8. The molecule has 0 aromatic heterocycles. The first-order valence-corrected chi connectivity index (χ1v) is 10.2.